The molecule has 0 saturated carbocycles. The van der Waals surface area contributed by atoms with E-state index in [1.807, 2.05) is 18.2 Å². The Kier molecular flexibility index (Phi) is 4.05. The van der Waals surface area contributed by atoms with Crippen LogP contribution in [0.4, 0.5) is 0 Å². The first-order chi connectivity index (χ1) is 10.6. The number of rotatable bonds is 2. The number of hydrogen-bond acceptors (Lipinski definition) is 2. The van der Waals surface area contributed by atoms with Crippen molar-refractivity contribution in [3.8, 4) is 0 Å². The Bertz CT molecular complexity index is 705. The standard InChI is InChI=1S/C19H19NO2/c1-13-7-9-14(10-8-13)17-12-11-15-16(19(21)22)5-3-2-4-6-18(15)20-17/h2-3,7-12,18H,4-6H2,1H3,(H,21,22)/b3-2-,16-15?. The van der Waals surface area contributed by atoms with Crippen molar-refractivity contribution in [1.29, 1.82) is 0 Å². The van der Waals surface area contributed by atoms with E-state index in [0.717, 1.165) is 29.7 Å². The first kappa shape index (κ1) is 14.5. The average molecular weight is 293 g/mol. The smallest absolute Gasteiger partial charge is 0.332 e. The summed E-state index contributed by atoms with van der Waals surface area (Å²) in [6, 6.07) is 8.21. The Labute approximate surface area is 130 Å². The van der Waals surface area contributed by atoms with E-state index in [0.29, 0.717) is 12.0 Å². The van der Waals surface area contributed by atoms with Crippen molar-refractivity contribution in [3.63, 3.8) is 0 Å². The first-order valence-corrected chi connectivity index (χ1v) is 7.59. The van der Waals surface area contributed by atoms with Crippen molar-refractivity contribution in [2.24, 2.45) is 4.99 Å². The number of hydrogen-bond donors (Lipinski definition) is 1. The van der Waals surface area contributed by atoms with Crippen LogP contribution in [0, 0.1) is 6.92 Å². The lowest BCUT2D eigenvalue weighted by Crippen LogP contribution is -2.20. The molecule has 1 aliphatic heterocycles. The number of benzene rings is 1. The zero-order valence-electron chi connectivity index (χ0n) is 12.6. The van der Waals surface area contributed by atoms with Crippen LogP contribution in [0.5, 0.6) is 0 Å². The molecular weight excluding hydrogens is 274 g/mol. The number of carboxylic acids is 1. The summed E-state index contributed by atoms with van der Waals surface area (Å²) in [5.74, 6) is -0.842. The van der Waals surface area contributed by atoms with E-state index in [1.54, 1.807) is 0 Å². The van der Waals surface area contributed by atoms with E-state index < -0.39 is 5.97 Å². The number of aliphatic carboxylic acids is 1. The van der Waals surface area contributed by atoms with Crippen molar-refractivity contribution in [2.75, 3.05) is 0 Å². The Morgan fingerprint density at radius 1 is 1.18 bits per heavy atom. The zero-order valence-corrected chi connectivity index (χ0v) is 12.6. The molecule has 1 atom stereocenters. The number of allylic oxidation sites excluding steroid dienone is 3. The van der Waals surface area contributed by atoms with Gasteiger partial charge in [-0.25, -0.2) is 4.79 Å². The van der Waals surface area contributed by atoms with Gasteiger partial charge in [-0.05, 0) is 43.4 Å². The summed E-state index contributed by atoms with van der Waals surface area (Å²) in [6.07, 6.45) is 10.1. The van der Waals surface area contributed by atoms with E-state index in [4.69, 9.17) is 4.99 Å². The number of nitrogens with zero attached hydrogens (tertiary/aromatic N) is 1. The third-order valence-corrected chi connectivity index (χ3v) is 4.12. The second-order valence-electron chi connectivity index (χ2n) is 5.72. The predicted molar refractivity (Wildman–Crippen MR) is 88.3 cm³/mol. The largest absolute Gasteiger partial charge is 0.478 e. The molecule has 0 fully saturated rings. The second-order valence-corrected chi connectivity index (χ2v) is 5.72. The Hall–Kier alpha value is -2.42. The van der Waals surface area contributed by atoms with Gasteiger partial charge in [-0.1, -0.05) is 48.1 Å². The average Bonchev–Trinajstić information content (AvgIpc) is 2.48. The van der Waals surface area contributed by atoms with Gasteiger partial charge in [0, 0.05) is 5.57 Å². The van der Waals surface area contributed by atoms with Gasteiger partial charge in [-0.15, -0.1) is 0 Å². The molecule has 22 heavy (non-hydrogen) atoms. The molecule has 0 amide bonds. The lowest BCUT2D eigenvalue weighted by molar-refractivity contribution is -0.132. The SMILES string of the molecule is Cc1ccc(C2=NC3CC/C=C\CC(C(=O)O)=C3C=C2)cc1. The van der Waals surface area contributed by atoms with Gasteiger partial charge in [-0.3, -0.25) is 4.99 Å². The molecule has 0 radical (unpaired) electrons. The highest BCUT2D eigenvalue weighted by molar-refractivity contribution is 6.10. The Morgan fingerprint density at radius 2 is 1.95 bits per heavy atom. The van der Waals surface area contributed by atoms with Crippen LogP contribution in [0.25, 0.3) is 0 Å². The third kappa shape index (κ3) is 2.93. The van der Waals surface area contributed by atoms with Crippen LogP contribution in [0.2, 0.25) is 0 Å². The van der Waals surface area contributed by atoms with Crippen molar-refractivity contribution in [3.05, 3.63) is 70.8 Å². The monoisotopic (exact) mass is 293 g/mol. The minimum absolute atomic E-state index is 0.0580. The fraction of sp³-hybridized carbons (Fsp3) is 0.263. The molecule has 1 N–H and O–H groups in total. The Balaban J connectivity index is 1.99. The molecule has 1 heterocycles. The summed E-state index contributed by atoms with van der Waals surface area (Å²) < 4.78 is 0. The van der Waals surface area contributed by atoms with E-state index in [2.05, 4.69) is 37.3 Å². The highest BCUT2D eigenvalue weighted by atomic mass is 16.4. The van der Waals surface area contributed by atoms with Gasteiger partial charge in [-0.2, -0.15) is 0 Å². The van der Waals surface area contributed by atoms with Gasteiger partial charge in [0.15, 0.2) is 0 Å². The van der Waals surface area contributed by atoms with Crippen molar-refractivity contribution in [1.82, 2.24) is 0 Å². The van der Waals surface area contributed by atoms with E-state index in [1.165, 1.54) is 5.56 Å². The molecule has 0 saturated heterocycles. The molecule has 2 aliphatic rings. The molecule has 3 nitrogen and oxygen atoms in total. The minimum atomic E-state index is -0.842. The minimum Gasteiger partial charge on any atom is -0.478 e. The van der Waals surface area contributed by atoms with Gasteiger partial charge in [0.1, 0.15) is 0 Å². The fourth-order valence-electron chi connectivity index (χ4n) is 2.88. The van der Waals surface area contributed by atoms with Crippen molar-refractivity contribution in [2.45, 2.75) is 32.2 Å². The zero-order chi connectivity index (χ0) is 15.5. The highest BCUT2D eigenvalue weighted by Crippen LogP contribution is 2.27. The number of aliphatic imine (C=N–C) groups is 1. The highest BCUT2D eigenvalue weighted by Gasteiger charge is 2.23. The van der Waals surface area contributed by atoms with Gasteiger partial charge in [0.05, 0.1) is 11.8 Å². The van der Waals surface area contributed by atoms with Crippen LogP contribution >= 0.6 is 0 Å². The Morgan fingerprint density at radius 3 is 2.68 bits per heavy atom. The van der Waals surface area contributed by atoms with Gasteiger partial charge < -0.3 is 5.11 Å². The van der Waals surface area contributed by atoms with Gasteiger partial charge in [0.25, 0.3) is 0 Å². The summed E-state index contributed by atoms with van der Waals surface area (Å²) in [6.45, 7) is 2.06. The maximum absolute atomic E-state index is 11.5. The second kappa shape index (κ2) is 6.14. The summed E-state index contributed by atoms with van der Waals surface area (Å²) in [4.78, 5) is 16.3. The normalized spacial score (nSPS) is 22.4. The van der Waals surface area contributed by atoms with Crippen molar-refractivity contribution >= 4 is 11.7 Å². The number of fused-ring (bicyclic) bond motifs is 1. The maximum Gasteiger partial charge on any atom is 0.332 e. The summed E-state index contributed by atoms with van der Waals surface area (Å²) in [5, 5.41) is 9.43. The molecule has 1 aromatic rings. The maximum atomic E-state index is 11.5. The predicted octanol–water partition coefficient (Wildman–Crippen LogP) is 3.84. The number of aryl methyl sites for hydroxylation is 1. The van der Waals surface area contributed by atoms with Crippen LogP contribution < -0.4 is 0 Å². The van der Waals surface area contributed by atoms with Crippen LogP contribution in [-0.4, -0.2) is 22.8 Å². The number of carbonyl (C=O) groups is 1. The van der Waals surface area contributed by atoms with Gasteiger partial charge >= 0.3 is 5.97 Å². The van der Waals surface area contributed by atoms with Crippen LogP contribution in [0.1, 0.15) is 30.4 Å². The quantitative estimate of drug-likeness (QED) is 0.842. The van der Waals surface area contributed by atoms with Crippen LogP contribution in [0.3, 0.4) is 0 Å². The molecule has 0 aromatic heterocycles. The van der Waals surface area contributed by atoms with Crippen LogP contribution in [-0.2, 0) is 4.79 Å². The van der Waals surface area contributed by atoms with E-state index in [-0.39, 0.29) is 6.04 Å². The molecule has 1 unspecified atom stereocenters. The molecular formula is C19H19NO2. The lowest BCUT2D eigenvalue weighted by Gasteiger charge is -2.22. The number of dihydropyridines is 1. The van der Waals surface area contributed by atoms with Gasteiger partial charge in [0.2, 0.25) is 0 Å². The van der Waals surface area contributed by atoms with E-state index in [9.17, 15) is 9.90 Å². The molecule has 112 valence electrons. The molecule has 1 aliphatic carbocycles. The molecule has 3 heteroatoms. The molecule has 0 bridgehead atoms. The summed E-state index contributed by atoms with van der Waals surface area (Å²) in [7, 11) is 0. The molecule has 1 aromatic carbocycles. The topological polar surface area (TPSA) is 49.7 Å². The summed E-state index contributed by atoms with van der Waals surface area (Å²) >= 11 is 0. The van der Waals surface area contributed by atoms with Crippen LogP contribution in [0.15, 0.2) is 64.7 Å². The van der Waals surface area contributed by atoms with Crippen molar-refractivity contribution < 1.29 is 9.90 Å². The molecule has 3 rings (SSSR count). The lowest BCUT2D eigenvalue weighted by atomic mass is 9.89. The summed E-state index contributed by atoms with van der Waals surface area (Å²) in [5.41, 5.74) is 4.55. The third-order valence-electron chi connectivity index (χ3n) is 4.12. The van der Waals surface area contributed by atoms with E-state index >= 15 is 0 Å². The first-order valence-electron chi connectivity index (χ1n) is 7.59. The molecule has 0 spiro atoms. The fourth-order valence-corrected chi connectivity index (χ4v) is 2.88. The number of carboxylic acid groups (broad SMARTS) is 1.